The molecule has 31 heavy (non-hydrogen) atoms. The van der Waals surface area contributed by atoms with Crippen LogP contribution in [0, 0.1) is 0 Å². The van der Waals surface area contributed by atoms with Gasteiger partial charge in [-0.1, -0.05) is 29.8 Å². The van der Waals surface area contributed by atoms with Gasteiger partial charge in [-0.15, -0.1) is 11.3 Å². The van der Waals surface area contributed by atoms with Gasteiger partial charge in [0.15, 0.2) is 4.96 Å². The van der Waals surface area contributed by atoms with E-state index in [4.69, 9.17) is 16.6 Å². The number of nitrogens with zero attached hydrogens (tertiary/aromatic N) is 5. The number of piperazine rings is 1. The van der Waals surface area contributed by atoms with Crippen LogP contribution in [0.3, 0.4) is 0 Å². The van der Waals surface area contributed by atoms with Crippen molar-refractivity contribution < 1.29 is 4.79 Å². The number of anilines is 1. The van der Waals surface area contributed by atoms with Crippen molar-refractivity contribution in [3.8, 4) is 11.3 Å². The van der Waals surface area contributed by atoms with Gasteiger partial charge in [0.25, 0.3) is 0 Å². The first-order valence-electron chi connectivity index (χ1n) is 10.3. The highest BCUT2D eigenvalue weighted by atomic mass is 35.5. The first-order chi connectivity index (χ1) is 15.2. The Hall–Kier alpha value is -2.90. The molecule has 1 aromatic carbocycles. The van der Waals surface area contributed by atoms with E-state index in [1.54, 1.807) is 11.3 Å². The molecule has 0 bridgehead atoms. The average molecular weight is 452 g/mol. The summed E-state index contributed by atoms with van der Waals surface area (Å²) in [6, 6.07) is 13.6. The summed E-state index contributed by atoms with van der Waals surface area (Å²) in [5, 5.41) is 2.81. The Morgan fingerprint density at radius 2 is 1.87 bits per heavy atom. The third kappa shape index (κ3) is 4.29. The van der Waals surface area contributed by atoms with Gasteiger partial charge >= 0.3 is 0 Å². The van der Waals surface area contributed by atoms with Gasteiger partial charge in [-0.05, 0) is 30.7 Å². The largest absolute Gasteiger partial charge is 0.353 e. The number of hydrogen-bond acceptors (Lipinski definition) is 5. The summed E-state index contributed by atoms with van der Waals surface area (Å²) in [6.07, 6.45) is 5.06. The summed E-state index contributed by atoms with van der Waals surface area (Å²) in [5.74, 6) is 1.19. The van der Waals surface area contributed by atoms with Crippen molar-refractivity contribution in [3.63, 3.8) is 0 Å². The molecule has 1 aliphatic heterocycles. The number of carbonyl (C=O) groups excluding carboxylic acids is 1. The summed E-state index contributed by atoms with van der Waals surface area (Å²) in [7, 11) is 0. The van der Waals surface area contributed by atoms with Gasteiger partial charge in [-0.2, -0.15) is 0 Å². The number of benzene rings is 1. The Balaban J connectivity index is 1.20. The first-order valence-corrected chi connectivity index (χ1v) is 11.6. The lowest BCUT2D eigenvalue weighted by Gasteiger charge is -2.35. The van der Waals surface area contributed by atoms with E-state index in [1.807, 2.05) is 59.8 Å². The number of carbonyl (C=O) groups is 1. The lowest BCUT2D eigenvalue weighted by atomic mass is 10.2. The molecule has 4 heterocycles. The zero-order chi connectivity index (χ0) is 21.2. The van der Waals surface area contributed by atoms with E-state index in [9.17, 15) is 4.79 Å². The highest BCUT2D eigenvalue weighted by molar-refractivity contribution is 7.15. The van der Waals surface area contributed by atoms with Gasteiger partial charge in [-0.3, -0.25) is 9.20 Å². The predicted octanol–water partition coefficient (Wildman–Crippen LogP) is 4.39. The number of aryl methyl sites for hydroxylation is 1. The molecule has 0 spiro atoms. The zero-order valence-electron chi connectivity index (χ0n) is 16.9. The smallest absolute Gasteiger partial charge is 0.223 e. The van der Waals surface area contributed by atoms with Crippen molar-refractivity contribution in [2.75, 3.05) is 31.1 Å². The lowest BCUT2D eigenvalue weighted by molar-refractivity contribution is -0.131. The Morgan fingerprint density at radius 3 is 2.61 bits per heavy atom. The van der Waals surface area contributed by atoms with Crippen molar-refractivity contribution in [2.45, 2.75) is 12.8 Å². The highest BCUT2D eigenvalue weighted by Crippen LogP contribution is 2.25. The van der Waals surface area contributed by atoms with E-state index in [-0.39, 0.29) is 5.91 Å². The summed E-state index contributed by atoms with van der Waals surface area (Å²) in [6.45, 7) is 3.11. The number of fused-ring (bicyclic) bond motifs is 1. The molecule has 0 atom stereocenters. The van der Waals surface area contributed by atoms with Crippen LogP contribution in [0.4, 0.5) is 5.82 Å². The number of rotatable bonds is 5. The van der Waals surface area contributed by atoms with Gasteiger partial charge < -0.3 is 9.80 Å². The van der Waals surface area contributed by atoms with Crippen molar-refractivity contribution in [2.24, 2.45) is 0 Å². The van der Waals surface area contributed by atoms with Gasteiger partial charge in [0.2, 0.25) is 5.91 Å². The third-order valence-corrected chi connectivity index (χ3v) is 6.76. The van der Waals surface area contributed by atoms with Crippen molar-refractivity contribution in [1.29, 1.82) is 0 Å². The number of amides is 1. The number of aromatic nitrogens is 3. The molecule has 4 aromatic rings. The van der Waals surface area contributed by atoms with E-state index >= 15 is 0 Å². The molecule has 1 amide bonds. The fraction of sp³-hybridized carbons (Fsp3) is 0.261. The maximum absolute atomic E-state index is 12.8. The fourth-order valence-corrected chi connectivity index (χ4v) is 4.92. The third-order valence-electron chi connectivity index (χ3n) is 5.62. The molecule has 1 saturated heterocycles. The Bertz CT molecular complexity index is 1180. The topological polar surface area (TPSA) is 53.7 Å². The summed E-state index contributed by atoms with van der Waals surface area (Å²) < 4.78 is 2.10. The lowest BCUT2D eigenvalue weighted by Crippen LogP contribution is -2.49. The summed E-state index contributed by atoms with van der Waals surface area (Å²) in [5.41, 5.74) is 3.07. The van der Waals surface area contributed by atoms with Crippen LogP contribution in [-0.4, -0.2) is 51.4 Å². The maximum Gasteiger partial charge on any atom is 0.223 e. The molecule has 6 nitrogen and oxygen atoms in total. The van der Waals surface area contributed by atoms with E-state index < -0.39 is 0 Å². The van der Waals surface area contributed by atoms with E-state index in [1.165, 1.54) is 0 Å². The molecule has 3 aromatic heterocycles. The van der Waals surface area contributed by atoms with Gasteiger partial charge in [0.05, 0.1) is 5.69 Å². The monoisotopic (exact) mass is 451 g/mol. The number of halogens is 1. The predicted molar refractivity (Wildman–Crippen MR) is 125 cm³/mol. The van der Waals surface area contributed by atoms with E-state index in [0.29, 0.717) is 17.9 Å². The minimum Gasteiger partial charge on any atom is -0.353 e. The van der Waals surface area contributed by atoms with Crippen LogP contribution in [0.25, 0.3) is 16.2 Å². The van der Waals surface area contributed by atoms with Crippen LogP contribution in [-0.2, 0) is 11.2 Å². The molecule has 0 saturated carbocycles. The average Bonchev–Trinajstić information content (AvgIpc) is 3.40. The SMILES string of the molecule is O=C(CCc1csc2nc(-c3ccc(Cl)cc3)cn12)N1CCN(c2ccccn2)CC1. The number of pyridine rings is 1. The van der Waals surface area contributed by atoms with Crippen LogP contribution in [0.1, 0.15) is 12.1 Å². The second kappa shape index (κ2) is 8.69. The van der Waals surface area contributed by atoms with Gasteiger partial charge in [-0.25, -0.2) is 9.97 Å². The second-order valence-corrected chi connectivity index (χ2v) is 8.84. The fourth-order valence-electron chi connectivity index (χ4n) is 3.89. The molecule has 8 heteroatoms. The first kappa shape index (κ1) is 20.0. The molecular formula is C23H22ClN5OS. The second-order valence-electron chi connectivity index (χ2n) is 7.57. The van der Waals surface area contributed by atoms with E-state index in [2.05, 4.69) is 19.7 Å². The van der Waals surface area contributed by atoms with Crippen LogP contribution in [0.5, 0.6) is 0 Å². The number of imidazole rings is 1. The number of hydrogen-bond donors (Lipinski definition) is 0. The van der Waals surface area contributed by atoms with Crippen molar-refractivity contribution >= 4 is 39.6 Å². The Morgan fingerprint density at radius 1 is 1.06 bits per heavy atom. The molecule has 0 radical (unpaired) electrons. The molecular weight excluding hydrogens is 430 g/mol. The highest BCUT2D eigenvalue weighted by Gasteiger charge is 2.22. The standard InChI is InChI=1S/C23H22ClN5OS/c24-18-6-4-17(5-7-18)20-15-29-19(16-31-23(29)26-20)8-9-22(30)28-13-11-27(12-14-28)21-3-1-2-10-25-21/h1-7,10,15-16H,8-9,11-14H2. The molecule has 0 unspecified atom stereocenters. The maximum atomic E-state index is 12.8. The molecule has 158 valence electrons. The molecule has 1 fully saturated rings. The minimum atomic E-state index is 0.207. The summed E-state index contributed by atoms with van der Waals surface area (Å²) in [4.78, 5) is 27.1. The minimum absolute atomic E-state index is 0.207. The zero-order valence-corrected chi connectivity index (χ0v) is 18.5. The van der Waals surface area contributed by atoms with Crippen molar-refractivity contribution in [3.05, 3.63) is 71.0 Å². The molecule has 0 aliphatic carbocycles. The van der Waals surface area contributed by atoms with Crippen LogP contribution in [0.2, 0.25) is 5.02 Å². The number of thiazole rings is 1. The van der Waals surface area contributed by atoms with Gasteiger partial charge in [0, 0.05) is 66.7 Å². The Labute approximate surface area is 189 Å². The quantitative estimate of drug-likeness (QED) is 0.451. The van der Waals surface area contributed by atoms with Crippen molar-refractivity contribution in [1.82, 2.24) is 19.3 Å². The normalized spacial score (nSPS) is 14.4. The van der Waals surface area contributed by atoms with Crippen LogP contribution in [0.15, 0.2) is 60.2 Å². The van der Waals surface area contributed by atoms with Crippen LogP contribution < -0.4 is 4.90 Å². The molecule has 1 aliphatic rings. The molecule has 5 rings (SSSR count). The van der Waals surface area contributed by atoms with E-state index in [0.717, 1.165) is 53.9 Å². The molecule has 0 N–H and O–H groups in total. The van der Waals surface area contributed by atoms with Crippen LogP contribution >= 0.6 is 22.9 Å². The summed E-state index contributed by atoms with van der Waals surface area (Å²) >= 11 is 7.60. The van der Waals surface area contributed by atoms with Gasteiger partial charge in [0.1, 0.15) is 5.82 Å². The Kier molecular flexibility index (Phi) is 5.61.